The Morgan fingerprint density at radius 1 is 1.35 bits per heavy atom. The quantitative estimate of drug-likeness (QED) is 0.690. The van der Waals surface area contributed by atoms with E-state index in [-0.39, 0.29) is 0 Å². The molecule has 0 amide bonds. The molecule has 0 radical (unpaired) electrons. The van der Waals surface area contributed by atoms with Crippen LogP contribution in [0.25, 0.3) is 0 Å². The summed E-state index contributed by atoms with van der Waals surface area (Å²) in [6, 6.07) is 6.85. The van der Waals surface area contributed by atoms with Gasteiger partial charge in [0, 0.05) is 13.2 Å². The Kier molecular flexibility index (Phi) is 6.33. The summed E-state index contributed by atoms with van der Waals surface area (Å²) in [4.78, 5) is 0. The van der Waals surface area contributed by atoms with Crippen LogP contribution in [-0.4, -0.2) is 26.9 Å². The van der Waals surface area contributed by atoms with Crippen molar-refractivity contribution in [3.8, 4) is 5.75 Å². The molecule has 1 atom stereocenters. The van der Waals surface area contributed by atoms with Gasteiger partial charge >= 0.3 is 0 Å². The summed E-state index contributed by atoms with van der Waals surface area (Å²) in [5, 5.41) is 3.59. The average Bonchev–Trinajstić information content (AvgIpc) is 3.24. The van der Waals surface area contributed by atoms with Crippen molar-refractivity contribution in [2.24, 2.45) is 5.92 Å². The fraction of sp³-hybridized carbons (Fsp3) is 0.625. The summed E-state index contributed by atoms with van der Waals surface area (Å²) in [7, 11) is 1.68. The molecule has 1 aliphatic rings. The molecule has 0 saturated heterocycles. The van der Waals surface area contributed by atoms with E-state index >= 15 is 0 Å². The van der Waals surface area contributed by atoms with Crippen LogP contribution >= 0.6 is 15.9 Å². The number of methoxy groups -OCH3 is 1. The fourth-order valence-electron chi connectivity index (χ4n) is 2.36. The normalized spacial score (nSPS) is 16.1. The minimum atomic E-state index is 0.455. The number of ether oxygens (including phenoxy) is 2. The van der Waals surface area contributed by atoms with Gasteiger partial charge in [-0.1, -0.05) is 25.8 Å². The molecule has 1 aliphatic carbocycles. The molecule has 1 N–H and O–H groups in total. The van der Waals surface area contributed by atoms with E-state index in [0.717, 1.165) is 22.7 Å². The first-order chi connectivity index (χ1) is 9.74. The molecule has 20 heavy (non-hydrogen) atoms. The van der Waals surface area contributed by atoms with Gasteiger partial charge in [-0.2, -0.15) is 0 Å². The highest BCUT2D eigenvalue weighted by Gasteiger charge is 2.26. The molecule has 0 bridgehead atoms. The van der Waals surface area contributed by atoms with Crippen LogP contribution in [0.4, 0.5) is 0 Å². The van der Waals surface area contributed by atoms with Crippen molar-refractivity contribution in [2.45, 2.75) is 32.2 Å². The molecule has 112 valence electrons. The van der Waals surface area contributed by atoms with Gasteiger partial charge in [-0.25, -0.2) is 0 Å². The van der Waals surface area contributed by atoms with Crippen molar-refractivity contribution < 1.29 is 9.47 Å². The highest BCUT2D eigenvalue weighted by molar-refractivity contribution is 9.10. The number of rotatable bonds is 9. The summed E-state index contributed by atoms with van der Waals surface area (Å²) in [5.74, 6) is 1.79. The van der Waals surface area contributed by atoms with Gasteiger partial charge in [0.05, 0.1) is 11.1 Å². The smallest absolute Gasteiger partial charge is 0.133 e. The summed E-state index contributed by atoms with van der Waals surface area (Å²) in [5.41, 5.74) is 1.34. The standard InChI is InChI=1S/C16H24BrNO2/c1-3-18-15(10-12-4-5-12)13-6-7-16(14(17)11-13)20-9-8-19-2/h6-7,11-12,15,18H,3-5,8-10H2,1-2H3. The molecule has 1 fully saturated rings. The first kappa shape index (κ1) is 15.8. The Morgan fingerprint density at radius 2 is 2.15 bits per heavy atom. The first-order valence-electron chi connectivity index (χ1n) is 7.39. The summed E-state index contributed by atoms with van der Waals surface area (Å²) < 4.78 is 11.7. The minimum absolute atomic E-state index is 0.455. The van der Waals surface area contributed by atoms with Crippen molar-refractivity contribution in [1.82, 2.24) is 5.32 Å². The Balaban J connectivity index is 2.00. The predicted molar refractivity (Wildman–Crippen MR) is 85.3 cm³/mol. The van der Waals surface area contributed by atoms with E-state index in [2.05, 4.69) is 40.3 Å². The van der Waals surface area contributed by atoms with Crippen molar-refractivity contribution in [3.05, 3.63) is 28.2 Å². The molecular formula is C16H24BrNO2. The molecule has 0 aromatic heterocycles. The van der Waals surface area contributed by atoms with Crippen molar-refractivity contribution in [2.75, 3.05) is 26.9 Å². The highest BCUT2D eigenvalue weighted by Crippen LogP contribution is 2.38. The van der Waals surface area contributed by atoms with Crippen LogP contribution < -0.4 is 10.1 Å². The van der Waals surface area contributed by atoms with Gasteiger partial charge in [0.1, 0.15) is 12.4 Å². The number of hydrogen-bond donors (Lipinski definition) is 1. The van der Waals surface area contributed by atoms with E-state index in [0.29, 0.717) is 19.3 Å². The van der Waals surface area contributed by atoms with Crippen LogP contribution in [0.5, 0.6) is 5.75 Å². The zero-order valence-electron chi connectivity index (χ0n) is 12.3. The Bertz CT molecular complexity index is 421. The second kappa shape index (κ2) is 8.01. The maximum absolute atomic E-state index is 5.67. The number of benzene rings is 1. The predicted octanol–water partition coefficient (Wildman–Crippen LogP) is 3.93. The molecule has 3 nitrogen and oxygen atoms in total. The number of hydrogen-bond acceptors (Lipinski definition) is 3. The van der Waals surface area contributed by atoms with Gasteiger partial charge in [0.15, 0.2) is 0 Å². The second-order valence-corrected chi connectivity index (χ2v) is 6.17. The molecule has 2 rings (SSSR count). The van der Waals surface area contributed by atoms with Crippen LogP contribution in [0.2, 0.25) is 0 Å². The molecule has 1 saturated carbocycles. The van der Waals surface area contributed by atoms with Crippen LogP contribution in [0.15, 0.2) is 22.7 Å². The van der Waals surface area contributed by atoms with Crippen molar-refractivity contribution in [3.63, 3.8) is 0 Å². The Labute approximate surface area is 130 Å². The second-order valence-electron chi connectivity index (χ2n) is 5.32. The van der Waals surface area contributed by atoms with Crippen LogP contribution in [0.1, 0.15) is 37.8 Å². The maximum atomic E-state index is 5.67. The third kappa shape index (κ3) is 4.76. The minimum Gasteiger partial charge on any atom is -0.490 e. The van der Waals surface area contributed by atoms with E-state index in [1.54, 1.807) is 7.11 Å². The molecule has 0 spiro atoms. The first-order valence-corrected chi connectivity index (χ1v) is 8.18. The molecule has 1 aromatic rings. The lowest BCUT2D eigenvalue weighted by Gasteiger charge is -2.19. The number of halogens is 1. The van der Waals surface area contributed by atoms with Crippen LogP contribution in [-0.2, 0) is 4.74 Å². The summed E-state index contributed by atoms with van der Waals surface area (Å²) in [6.45, 7) is 4.35. The van der Waals surface area contributed by atoms with Gasteiger partial charge in [0.2, 0.25) is 0 Å². The van der Waals surface area contributed by atoms with E-state index in [1.807, 2.05) is 6.07 Å². The number of nitrogens with one attached hydrogen (secondary N) is 1. The third-order valence-corrected chi connectivity index (χ3v) is 4.24. The SMILES string of the molecule is CCNC(CC1CC1)c1ccc(OCCOC)c(Br)c1. The van der Waals surface area contributed by atoms with Gasteiger partial charge in [-0.15, -0.1) is 0 Å². The zero-order chi connectivity index (χ0) is 14.4. The van der Waals surface area contributed by atoms with Crippen molar-refractivity contribution in [1.29, 1.82) is 0 Å². The third-order valence-electron chi connectivity index (χ3n) is 3.62. The monoisotopic (exact) mass is 341 g/mol. The zero-order valence-corrected chi connectivity index (χ0v) is 13.9. The van der Waals surface area contributed by atoms with E-state index < -0.39 is 0 Å². The van der Waals surface area contributed by atoms with E-state index in [9.17, 15) is 0 Å². The fourth-order valence-corrected chi connectivity index (χ4v) is 2.87. The molecular weight excluding hydrogens is 318 g/mol. The molecule has 1 unspecified atom stereocenters. The summed E-state index contributed by atoms with van der Waals surface area (Å²) in [6.07, 6.45) is 4.02. The molecule has 0 aliphatic heterocycles. The molecule has 0 heterocycles. The largest absolute Gasteiger partial charge is 0.490 e. The maximum Gasteiger partial charge on any atom is 0.133 e. The molecule has 1 aromatic carbocycles. The molecule has 4 heteroatoms. The highest BCUT2D eigenvalue weighted by atomic mass is 79.9. The van der Waals surface area contributed by atoms with Gasteiger partial charge in [0.25, 0.3) is 0 Å². The van der Waals surface area contributed by atoms with Gasteiger partial charge in [-0.05, 0) is 52.5 Å². The lowest BCUT2D eigenvalue weighted by atomic mass is 10.0. The summed E-state index contributed by atoms with van der Waals surface area (Å²) >= 11 is 3.61. The Hall–Kier alpha value is -0.580. The lowest BCUT2D eigenvalue weighted by molar-refractivity contribution is 0.146. The van der Waals surface area contributed by atoms with Gasteiger partial charge in [-0.3, -0.25) is 0 Å². The topological polar surface area (TPSA) is 30.5 Å². The average molecular weight is 342 g/mol. The van der Waals surface area contributed by atoms with E-state index in [1.165, 1.54) is 24.8 Å². The van der Waals surface area contributed by atoms with Crippen LogP contribution in [0, 0.1) is 5.92 Å². The Morgan fingerprint density at radius 3 is 2.75 bits per heavy atom. The van der Waals surface area contributed by atoms with Crippen molar-refractivity contribution >= 4 is 15.9 Å². The van der Waals surface area contributed by atoms with Crippen LogP contribution in [0.3, 0.4) is 0 Å². The van der Waals surface area contributed by atoms with E-state index in [4.69, 9.17) is 9.47 Å². The van der Waals surface area contributed by atoms with Gasteiger partial charge < -0.3 is 14.8 Å². The lowest BCUT2D eigenvalue weighted by Crippen LogP contribution is -2.21.